The zero-order valence-electron chi connectivity index (χ0n) is 11.2. The number of nitrogens with zero attached hydrogens (tertiary/aromatic N) is 2. The summed E-state index contributed by atoms with van der Waals surface area (Å²) >= 11 is 0. The first-order chi connectivity index (χ1) is 9.57. The first-order valence-electron chi connectivity index (χ1n) is 6.25. The first kappa shape index (κ1) is 12.4. The van der Waals surface area contributed by atoms with Crippen LogP contribution >= 0.6 is 0 Å². The van der Waals surface area contributed by atoms with Crippen LogP contribution in [-0.2, 0) is 5.54 Å². The van der Waals surface area contributed by atoms with Crippen LogP contribution in [0.1, 0.15) is 25.2 Å². The minimum Gasteiger partial charge on any atom is -0.344 e. The van der Waals surface area contributed by atoms with Crippen LogP contribution in [0, 0.1) is 0 Å². The maximum atomic E-state index is 11.1. The van der Waals surface area contributed by atoms with Crippen molar-refractivity contribution in [2.75, 3.05) is 0 Å². The van der Waals surface area contributed by atoms with E-state index in [-0.39, 0.29) is 0 Å². The molecule has 6 heteroatoms. The normalized spacial score (nSPS) is 21.9. The van der Waals surface area contributed by atoms with Crippen LogP contribution < -0.4 is 11.1 Å². The summed E-state index contributed by atoms with van der Waals surface area (Å²) in [5.41, 5.74) is 1.20. The Morgan fingerprint density at radius 3 is 2.65 bits per heavy atom. The predicted octanol–water partition coefficient (Wildman–Crippen LogP) is 1.64. The van der Waals surface area contributed by atoms with Crippen molar-refractivity contribution in [3.8, 4) is 0 Å². The Kier molecular flexibility index (Phi) is 2.78. The summed E-state index contributed by atoms with van der Waals surface area (Å²) in [6, 6.07) is 9.90. The molecule has 0 aliphatic carbocycles. The van der Waals surface area contributed by atoms with Gasteiger partial charge in [0.25, 0.3) is 0 Å². The van der Waals surface area contributed by atoms with Gasteiger partial charge in [-0.2, -0.15) is 0 Å². The van der Waals surface area contributed by atoms with Crippen molar-refractivity contribution in [3.05, 3.63) is 58.3 Å². The number of H-pyrrole nitrogens is 1. The average molecular weight is 270 g/mol. The van der Waals surface area contributed by atoms with Crippen LogP contribution in [0.2, 0.25) is 0 Å². The summed E-state index contributed by atoms with van der Waals surface area (Å²) in [6.45, 7) is 3.74. The molecule has 0 radical (unpaired) electrons. The van der Waals surface area contributed by atoms with Crippen molar-refractivity contribution < 1.29 is 4.52 Å². The number of hydrogen-bond acceptors (Lipinski definition) is 5. The summed E-state index contributed by atoms with van der Waals surface area (Å²) in [4.78, 5) is 18.2. The van der Waals surface area contributed by atoms with Gasteiger partial charge in [-0.25, -0.2) is 4.79 Å². The van der Waals surface area contributed by atoms with Crippen LogP contribution in [-0.4, -0.2) is 16.0 Å². The van der Waals surface area contributed by atoms with Gasteiger partial charge in [-0.1, -0.05) is 35.5 Å². The second kappa shape index (κ2) is 4.48. The highest BCUT2D eigenvalue weighted by molar-refractivity contribution is 5.91. The van der Waals surface area contributed by atoms with Gasteiger partial charge in [0.1, 0.15) is 5.54 Å². The lowest BCUT2D eigenvalue weighted by atomic mass is 9.96. The summed E-state index contributed by atoms with van der Waals surface area (Å²) in [6.07, 6.45) is 1.92. The lowest BCUT2D eigenvalue weighted by Gasteiger charge is -2.26. The minimum atomic E-state index is -0.757. The maximum absolute atomic E-state index is 11.1. The van der Waals surface area contributed by atoms with Gasteiger partial charge in [-0.15, -0.1) is 0 Å². The van der Waals surface area contributed by atoms with E-state index in [1.807, 2.05) is 50.3 Å². The van der Waals surface area contributed by atoms with Crippen LogP contribution in [0.5, 0.6) is 0 Å². The van der Waals surface area contributed by atoms with E-state index in [9.17, 15) is 4.79 Å². The number of nitrogens with one attached hydrogen (secondary N) is 2. The van der Waals surface area contributed by atoms with Crippen molar-refractivity contribution in [3.63, 3.8) is 0 Å². The van der Waals surface area contributed by atoms with E-state index < -0.39 is 11.3 Å². The highest BCUT2D eigenvalue weighted by Crippen LogP contribution is 2.30. The number of aliphatic imine (C=N–C) groups is 1. The fourth-order valence-electron chi connectivity index (χ4n) is 2.26. The molecule has 1 aliphatic heterocycles. The Balaban J connectivity index is 2.09. The Labute approximate surface area is 115 Å². The van der Waals surface area contributed by atoms with Gasteiger partial charge in [-0.3, -0.25) is 14.5 Å². The van der Waals surface area contributed by atoms with Gasteiger partial charge in [0.05, 0.1) is 5.84 Å². The molecule has 102 valence electrons. The van der Waals surface area contributed by atoms with Gasteiger partial charge in [0, 0.05) is 5.70 Å². The Morgan fingerprint density at radius 2 is 2.00 bits per heavy atom. The summed E-state index contributed by atoms with van der Waals surface area (Å²) in [5, 5.41) is 6.98. The van der Waals surface area contributed by atoms with Gasteiger partial charge in [0.15, 0.2) is 5.82 Å². The van der Waals surface area contributed by atoms with Gasteiger partial charge < -0.3 is 5.32 Å². The average Bonchev–Trinajstić information content (AvgIpc) is 2.86. The maximum Gasteiger partial charge on any atom is 0.438 e. The third kappa shape index (κ3) is 2.16. The summed E-state index contributed by atoms with van der Waals surface area (Å²) in [7, 11) is 0. The number of amidine groups is 1. The fourth-order valence-corrected chi connectivity index (χ4v) is 2.26. The minimum absolute atomic E-state index is 0.386. The quantitative estimate of drug-likeness (QED) is 0.869. The molecule has 2 heterocycles. The lowest BCUT2D eigenvalue weighted by molar-refractivity contribution is 0.372. The largest absolute Gasteiger partial charge is 0.438 e. The molecule has 0 spiro atoms. The molecule has 0 saturated heterocycles. The number of aromatic amines is 1. The molecule has 1 aromatic heterocycles. The second-order valence-corrected chi connectivity index (χ2v) is 4.84. The molecule has 0 saturated carbocycles. The molecule has 1 aliphatic rings. The van der Waals surface area contributed by atoms with Crippen LogP contribution in [0.4, 0.5) is 0 Å². The highest BCUT2D eigenvalue weighted by Gasteiger charge is 2.32. The van der Waals surface area contributed by atoms with E-state index in [4.69, 9.17) is 0 Å². The zero-order valence-corrected chi connectivity index (χ0v) is 11.2. The van der Waals surface area contributed by atoms with Crippen molar-refractivity contribution >= 4 is 11.5 Å². The molecule has 2 aromatic rings. The van der Waals surface area contributed by atoms with Crippen LogP contribution in [0.15, 0.2) is 50.7 Å². The molecule has 1 aromatic carbocycles. The van der Waals surface area contributed by atoms with Crippen LogP contribution in [0.25, 0.3) is 5.70 Å². The van der Waals surface area contributed by atoms with Crippen molar-refractivity contribution in [2.24, 2.45) is 4.99 Å². The molecule has 20 heavy (non-hydrogen) atoms. The fraction of sp³-hybridized carbons (Fsp3) is 0.214. The molecular weight excluding hydrogens is 256 g/mol. The molecule has 0 amide bonds. The third-order valence-electron chi connectivity index (χ3n) is 3.15. The standard InChI is InChI=1S/C14H14N4O2/c1-9-15-11(10-6-4-3-5-7-10)8-14(2,17-9)12-16-13(19)20-18-12/h3-8H,1-2H3,(H,15,17)(H,16,18,19). The molecule has 0 bridgehead atoms. The van der Waals surface area contributed by atoms with E-state index >= 15 is 0 Å². The number of aromatic nitrogens is 2. The van der Waals surface area contributed by atoms with E-state index in [0.29, 0.717) is 5.82 Å². The molecule has 0 fully saturated rings. The zero-order chi connectivity index (χ0) is 14.2. The van der Waals surface area contributed by atoms with E-state index in [1.165, 1.54) is 0 Å². The van der Waals surface area contributed by atoms with E-state index in [0.717, 1.165) is 17.1 Å². The SMILES string of the molecule is CC1=NC(C)(c2noc(=O)[nH]2)C=C(c2ccccc2)N1. The first-order valence-corrected chi connectivity index (χ1v) is 6.25. The molecule has 2 N–H and O–H groups in total. The lowest BCUT2D eigenvalue weighted by Crippen LogP contribution is -2.32. The topological polar surface area (TPSA) is 83.3 Å². The molecule has 1 atom stereocenters. The third-order valence-corrected chi connectivity index (χ3v) is 3.15. The Bertz CT molecular complexity index is 742. The second-order valence-electron chi connectivity index (χ2n) is 4.84. The van der Waals surface area contributed by atoms with Crippen molar-refractivity contribution in [1.29, 1.82) is 0 Å². The summed E-state index contributed by atoms with van der Waals surface area (Å²) < 4.78 is 4.58. The number of benzene rings is 1. The van der Waals surface area contributed by atoms with Gasteiger partial charge in [0.2, 0.25) is 0 Å². The predicted molar refractivity (Wildman–Crippen MR) is 75.1 cm³/mol. The highest BCUT2D eigenvalue weighted by atomic mass is 16.5. The number of hydrogen-bond donors (Lipinski definition) is 2. The van der Waals surface area contributed by atoms with Crippen molar-refractivity contribution in [2.45, 2.75) is 19.4 Å². The Morgan fingerprint density at radius 1 is 1.25 bits per heavy atom. The monoisotopic (exact) mass is 270 g/mol. The number of rotatable bonds is 2. The smallest absolute Gasteiger partial charge is 0.344 e. The molecule has 3 rings (SSSR count). The van der Waals surface area contributed by atoms with E-state index in [1.54, 1.807) is 0 Å². The molecule has 6 nitrogen and oxygen atoms in total. The van der Waals surface area contributed by atoms with Gasteiger partial charge in [-0.05, 0) is 25.5 Å². The van der Waals surface area contributed by atoms with Crippen LogP contribution in [0.3, 0.4) is 0 Å². The molecule has 1 unspecified atom stereocenters. The van der Waals surface area contributed by atoms with Gasteiger partial charge >= 0.3 is 5.76 Å². The summed E-state index contributed by atoms with van der Waals surface area (Å²) in [5.74, 6) is 0.553. The van der Waals surface area contributed by atoms with Crippen molar-refractivity contribution in [1.82, 2.24) is 15.5 Å². The Hall–Kier alpha value is -2.63. The van der Waals surface area contributed by atoms with E-state index in [2.05, 4.69) is 25.0 Å². The molecular formula is C14H14N4O2.